The van der Waals surface area contributed by atoms with Gasteiger partial charge in [0.1, 0.15) is 5.82 Å². The Morgan fingerprint density at radius 1 is 0.966 bits per heavy atom. The minimum Gasteiger partial charge on any atom is -0.368 e. The molecule has 2 amide bonds. The topological polar surface area (TPSA) is 77.1 Å². The second-order valence-corrected chi connectivity index (χ2v) is 7.00. The van der Waals surface area contributed by atoms with Gasteiger partial charge >= 0.3 is 0 Å². The third-order valence-corrected chi connectivity index (χ3v) is 4.96. The number of rotatable bonds is 6. The Kier molecular flexibility index (Phi) is 4.99. The van der Waals surface area contributed by atoms with E-state index < -0.39 is 5.91 Å². The Bertz CT molecular complexity index is 1220. The molecule has 5 nitrogen and oxygen atoms in total. The third kappa shape index (κ3) is 3.96. The van der Waals surface area contributed by atoms with Gasteiger partial charge in [-0.05, 0) is 40.1 Å². The second kappa shape index (κ2) is 7.75. The molecule has 0 saturated heterocycles. The molecule has 3 aromatic carbocycles. The van der Waals surface area contributed by atoms with E-state index in [0.717, 1.165) is 21.9 Å². The molecule has 4 aromatic rings. The Morgan fingerprint density at radius 3 is 2.59 bits per heavy atom. The summed E-state index contributed by atoms with van der Waals surface area (Å²) in [6.07, 6.45) is 1.91. The second-order valence-electron chi connectivity index (χ2n) is 7.00. The smallest absolute Gasteiger partial charge is 0.236 e. The molecule has 29 heavy (non-hydrogen) atoms. The van der Waals surface area contributed by atoms with Gasteiger partial charge in [0.05, 0.1) is 13.0 Å². The number of halogens is 1. The van der Waals surface area contributed by atoms with Crippen LogP contribution in [0.4, 0.5) is 4.39 Å². The van der Waals surface area contributed by atoms with Gasteiger partial charge in [-0.2, -0.15) is 0 Å². The number of hydrogen-bond donors (Lipinski definition) is 2. The van der Waals surface area contributed by atoms with Gasteiger partial charge in [0, 0.05) is 23.6 Å². The Morgan fingerprint density at radius 2 is 1.76 bits per heavy atom. The maximum absolute atomic E-state index is 13.9. The first-order valence-electron chi connectivity index (χ1n) is 9.30. The van der Waals surface area contributed by atoms with E-state index in [0.29, 0.717) is 17.5 Å². The normalized spacial score (nSPS) is 11.1. The van der Waals surface area contributed by atoms with Crippen LogP contribution < -0.4 is 11.1 Å². The summed E-state index contributed by atoms with van der Waals surface area (Å²) in [4.78, 5) is 23.0. The summed E-state index contributed by atoms with van der Waals surface area (Å²) in [5, 5.41) is 5.46. The van der Waals surface area contributed by atoms with Crippen molar-refractivity contribution >= 4 is 33.5 Å². The zero-order chi connectivity index (χ0) is 20.4. The van der Waals surface area contributed by atoms with Gasteiger partial charge < -0.3 is 15.6 Å². The average Bonchev–Trinajstić information content (AvgIpc) is 3.03. The number of hydrogen-bond acceptors (Lipinski definition) is 2. The fourth-order valence-corrected chi connectivity index (χ4v) is 3.65. The lowest BCUT2D eigenvalue weighted by atomic mass is 10.0. The van der Waals surface area contributed by atoms with Gasteiger partial charge in [0.25, 0.3) is 0 Å². The highest BCUT2D eigenvalue weighted by Gasteiger charge is 2.14. The summed E-state index contributed by atoms with van der Waals surface area (Å²) in [5.74, 6) is -1.31. The standard InChI is InChI=1S/C23H20FN3O2/c24-18-8-9-21-20(11-18)17(10-23(29)26-12-22(25)28)14-27(21)13-16-6-3-5-15-4-1-2-7-19(15)16/h1-9,11,14H,10,12-13H2,(H2,25,28)(H,26,29). The summed E-state index contributed by atoms with van der Waals surface area (Å²) < 4.78 is 15.9. The monoisotopic (exact) mass is 389 g/mol. The zero-order valence-corrected chi connectivity index (χ0v) is 15.7. The molecule has 0 atom stereocenters. The first-order chi connectivity index (χ1) is 14.0. The zero-order valence-electron chi connectivity index (χ0n) is 15.7. The fraction of sp³-hybridized carbons (Fsp3) is 0.130. The van der Waals surface area contributed by atoms with Gasteiger partial charge in [-0.15, -0.1) is 0 Å². The van der Waals surface area contributed by atoms with Crippen LogP contribution in [-0.2, 0) is 22.6 Å². The Hall–Kier alpha value is -3.67. The first-order valence-corrected chi connectivity index (χ1v) is 9.30. The minimum absolute atomic E-state index is 0.0375. The van der Waals surface area contributed by atoms with Crippen LogP contribution in [0.5, 0.6) is 0 Å². The molecule has 0 aliphatic heterocycles. The van der Waals surface area contributed by atoms with Gasteiger partial charge in [0.15, 0.2) is 0 Å². The van der Waals surface area contributed by atoms with Crippen LogP contribution in [0.15, 0.2) is 66.9 Å². The molecular formula is C23H20FN3O2. The van der Waals surface area contributed by atoms with E-state index in [9.17, 15) is 14.0 Å². The summed E-state index contributed by atoms with van der Waals surface area (Å²) >= 11 is 0. The van der Waals surface area contributed by atoms with Crippen LogP contribution in [0.3, 0.4) is 0 Å². The summed E-state index contributed by atoms with van der Waals surface area (Å²) in [6, 6.07) is 18.9. The molecule has 0 bridgehead atoms. The van der Waals surface area contributed by atoms with Gasteiger partial charge in [0.2, 0.25) is 11.8 Å². The maximum atomic E-state index is 13.9. The molecule has 0 aliphatic carbocycles. The van der Waals surface area contributed by atoms with Gasteiger partial charge in [-0.25, -0.2) is 4.39 Å². The van der Waals surface area contributed by atoms with Crippen molar-refractivity contribution in [3.63, 3.8) is 0 Å². The highest BCUT2D eigenvalue weighted by atomic mass is 19.1. The number of carbonyl (C=O) groups excluding carboxylic acids is 2. The highest BCUT2D eigenvalue weighted by molar-refractivity contribution is 5.91. The number of carbonyl (C=O) groups is 2. The predicted molar refractivity (Wildman–Crippen MR) is 111 cm³/mol. The predicted octanol–water partition coefficient (Wildman–Crippen LogP) is 3.13. The van der Waals surface area contributed by atoms with Crippen LogP contribution >= 0.6 is 0 Å². The lowest BCUT2D eigenvalue weighted by Gasteiger charge is -2.09. The van der Waals surface area contributed by atoms with E-state index >= 15 is 0 Å². The number of fused-ring (bicyclic) bond motifs is 2. The maximum Gasteiger partial charge on any atom is 0.236 e. The SMILES string of the molecule is NC(=O)CNC(=O)Cc1cn(Cc2cccc3ccccc23)c2ccc(F)cc12. The average molecular weight is 389 g/mol. The number of nitrogens with one attached hydrogen (secondary N) is 1. The van der Waals surface area contributed by atoms with Crippen molar-refractivity contribution in [3.8, 4) is 0 Å². The Balaban J connectivity index is 1.71. The van der Waals surface area contributed by atoms with Gasteiger partial charge in [-0.3, -0.25) is 9.59 Å². The van der Waals surface area contributed by atoms with E-state index in [4.69, 9.17) is 5.73 Å². The minimum atomic E-state index is -0.609. The van der Waals surface area contributed by atoms with Crippen LogP contribution in [0.1, 0.15) is 11.1 Å². The van der Waals surface area contributed by atoms with Crippen molar-refractivity contribution in [2.24, 2.45) is 5.73 Å². The van der Waals surface area contributed by atoms with E-state index in [1.54, 1.807) is 6.07 Å². The van der Waals surface area contributed by atoms with Crippen molar-refractivity contribution in [2.45, 2.75) is 13.0 Å². The Labute approximate surface area is 166 Å². The number of amides is 2. The molecule has 0 radical (unpaired) electrons. The van der Waals surface area contributed by atoms with Crippen molar-refractivity contribution in [3.05, 3.63) is 83.8 Å². The van der Waals surface area contributed by atoms with E-state index in [1.165, 1.54) is 12.1 Å². The quantitative estimate of drug-likeness (QED) is 0.532. The number of nitrogens with zero attached hydrogens (tertiary/aromatic N) is 1. The number of nitrogens with two attached hydrogens (primary N) is 1. The molecule has 0 saturated carbocycles. The molecule has 0 spiro atoms. The molecule has 0 aliphatic rings. The van der Waals surface area contributed by atoms with Crippen molar-refractivity contribution in [2.75, 3.05) is 6.54 Å². The molecule has 1 heterocycles. The molecule has 4 rings (SSSR count). The largest absolute Gasteiger partial charge is 0.368 e. The molecular weight excluding hydrogens is 369 g/mol. The van der Waals surface area contributed by atoms with E-state index in [1.807, 2.05) is 29.0 Å². The lowest BCUT2D eigenvalue weighted by molar-refractivity contribution is -0.124. The number of aromatic nitrogens is 1. The first kappa shape index (κ1) is 18.7. The molecule has 0 fully saturated rings. The van der Waals surface area contributed by atoms with Crippen molar-refractivity contribution in [1.82, 2.24) is 9.88 Å². The van der Waals surface area contributed by atoms with E-state index in [-0.39, 0.29) is 24.7 Å². The number of primary amides is 1. The number of benzene rings is 3. The van der Waals surface area contributed by atoms with Crippen LogP contribution in [0.25, 0.3) is 21.7 Å². The summed E-state index contributed by atoms with van der Waals surface area (Å²) in [5.41, 5.74) is 7.75. The molecule has 0 unspecified atom stereocenters. The van der Waals surface area contributed by atoms with Crippen molar-refractivity contribution in [1.29, 1.82) is 0 Å². The van der Waals surface area contributed by atoms with Crippen LogP contribution in [-0.4, -0.2) is 22.9 Å². The lowest BCUT2D eigenvalue weighted by Crippen LogP contribution is -2.34. The molecule has 146 valence electrons. The molecule has 3 N–H and O–H groups in total. The summed E-state index contributed by atoms with van der Waals surface area (Å²) in [6.45, 7) is 0.369. The summed E-state index contributed by atoms with van der Waals surface area (Å²) in [7, 11) is 0. The molecule has 1 aromatic heterocycles. The van der Waals surface area contributed by atoms with E-state index in [2.05, 4.69) is 29.6 Å². The third-order valence-electron chi connectivity index (χ3n) is 4.96. The van der Waals surface area contributed by atoms with Crippen LogP contribution in [0.2, 0.25) is 0 Å². The van der Waals surface area contributed by atoms with Gasteiger partial charge in [-0.1, -0.05) is 42.5 Å². The molecule has 6 heteroatoms. The fourth-order valence-electron chi connectivity index (χ4n) is 3.65. The highest BCUT2D eigenvalue weighted by Crippen LogP contribution is 2.26. The van der Waals surface area contributed by atoms with Crippen molar-refractivity contribution < 1.29 is 14.0 Å². The van der Waals surface area contributed by atoms with Crippen LogP contribution in [0, 0.1) is 5.82 Å².